The Morgan fingerprint density at radius 2 is 1.75 bits per heavy atom. The molecule has 0 saturated carbocycles. The van der Waals surface area contributed by atoms with Crippen LogP contribution in [0.2, 0.25) is 5.02 Å². The van der Waals surface area contributed by atoms with Gasteiger partial charge in [0.15, 0.2) is 0 Å². The Kier molecular flexibility index (Phi) is 5.55. The molecule has 1 heterocycles. The first-order valence-corrected chi connectivity index (χ1v) is 10.0. The van der Waals surface area contributed by atoms with Gasteiger partial charge >= 0.3 is 0 Å². The number of hydrogen-bond donors (Lipinski definition) is 2. The molecule has 3 N–H and O–H groups in total. The van der Waals surface area contributed by atoms with E-state index in [-0.39, 0.29) is 39.8 Å². The Bertz CT molecular complexity index is 1170. The number of nitrogens with zero attached hydrogens (tertiary/aromatic N) is 1. The molecule has 3 rings (SSSR count). The third kappa shape index (κ3) is 4.24. The summed E-state index contributed by atoms with van der Waals surface area (Å²) >= 11 is 6.02. The number of rotatable bonds is 5. The molecule has 6 nitrogen and oxygen atoms in total. The predicted octanol–water partition coefficient (Wildman–Crippen LogP) is 2.63. The monoisotopic (exact) mass is 422 g/mol. The Labute approximate surface area is 165 Å². The van der Waals surface area contributed by atoms with E-state index >= 15 is 0 Å². The van der Waals surface area contributed by atoms with Gasteiger partial charge in [-0.05, 0) is 35.9 Å². The molecule has 0 amide bonds. The van der Waals surface area contributed by atoms with Crippen molar-refractivity contribution in [1.29, 1.82) is 0 Å². The van der Waals surface area contributed by atoms with Gasteiger partial charge in [-0.25, -0.2) is 17.9 Å². The molecule has 0 aliphatic rings. The minimum Gasteiger partial charge on any atom is -0.507 e. The van der Waals surface area contributed by atoms with Crippen LogP contribution in [0, 0.1) is 5.82 Å². The Balaban J connectivity index is 1.94. The molecule has 2 aromatic carbocycles. The maximum absolute atomic E-state index is 14.0. The molecule has 0 unspecified atom stereocenters. The molecule has 0 atom stereocenters. The highest BCUT2D eigenvalue weighted by Crippen LogP contribution is 2.24. The van der Waals surface area contributed by atoms with E-state index in [9.17, 15) is 22.7 Å². The molecule has 0 aliphatic heterocycles. The fourth-order valence-corrected chi connectivity index (χ4v) is 3.51. The minimum absolute atomic E-state index is 0.00987. The maximum Gasteiger partial charge on any atom is 0.258 e. The topological polar surface area (TPSA) is 102 Å². The third-order valence-electron chi connectivity index (χ3n) is 4.26. The number of benzene rings is 2. The summed E-state index contributed by atoms with van der Waals surface area (Å²) in [5.41, 5.74) is 0.271. The van der Waals surface area contributed by atoms with Crippen LogP contribution in [0.5, 0.6) is 5.75 Å². The lowest BCUT2D eigenvalue weighted by Gasteiger charge is -2.12. The smallest absolute Gasteiger partial charge is 0.258 e. The van der Waals surface area contributed by atoms with Gasteiger partial charge in [-0.15, -0.1) is 0 Å². The van der Waals surface area contributed by atoms with E-state index < -0.39 is 21.4 Å². The summed E-state index contributed by atoms with van der Waals surface area (Å²) in [6.07, 6.45) is 1.24. The highest BCUT2D eigenvalue weighted by molar-refractivity contribution is 7.89. The van der Waals surface area contributed by atoms with Gasteiger partial charge in [0, 0.05) is 23.2 Å². The van der Waals surface area contributed by atoms with Crippen LogP contribution in [-0.4, -0.2) is 18.1 Å². The summed E-state index contributed by atoms with van der Waals surface area (Å²) < 4.78 is 38.0. The van der Waals surface area contributed by atoms with Gasteiger partial charge in [0.1, 0.15) is 11.6 Å². The van der Waals surface area contributed by atoms with Crippen LogP contribution in [0.3, 0.4) is 0 Å². The summed E-state index contributed by atoms with van der Waals surface area (Å²) in [5.74, 6) is -0.828. The molecule has 0 radical (unpaired) electrons. The van der Waals surface area contributed by atoms with Gasteiger partial charge in [-0.1, -0.05) is 29.8 Å². The first kappa shape index (κ1) is 20.1. The van der Waals surface area contributed by atoms with E-state index in [0.717, 1.165) is 0 Å². The number of sulfonamides is 1. The van der Waals surface area contributed by atoms with Crippen LogP contribution >= 0.6 is 11.6 Å². The van der Waals surface area contributed by atoms with Crippen LogP contribution < -0.4 is 10.7 Å². The molecule has 9 heteroatoms. The Hall–Kier alpha value is -2.68. The molecule has 0 bridgehead atoms. The SMILES string of the molecule is NS(=O)(=O)c1ccc(Cn2ccc(O)c(Cc3c(F)cccc3Cl)c2=O)cc1. The molecule has 3 aromatic rings. The maximum atomic E-state index is 14.0. The average molecular weight is 423 g/mol. The van der Waals surface area contributed by atoms with E-state index in [0.29, 0.717) is 5.56 Å². The first-order chi connectivity index (χ1) is 13.2. The molecule has 0 spiro atoms. The van der Waals surface area contributed by atoms with Crippen LogP contribution in [0.25, 0.3) is 0 Å². The number of nitrogens with two attached hydrogens (primary N) is 1. The van der Waals surface area contributed by atoms with Crippen molar-refractivity contribution in [2.24, 2.45) is 5.14 Å². The Morgan fingerprint density at radius 3 is 2.36 bits per heavy atom. The lowest BCUT2D eigenvalue weighted by molar-refractivity contribution is 0.464. The Morgan fingerprint density at radius 1 is 1.07 bits per heavy atom. The van der Waals surface area contributed by atoms with Gasteiger partial charge in [0.05, 0.1) is 17.0 Å². The highest BCUT2D eigenvalue weighted by atomic mass is 35.5. The first-order valence-electron chi connectivity index (χ1n) is 8.12. The van der Waals surface area contributed by atoms with E-state index in [1.807, 2.05) is 0 Å². The van der Waals surface area contributed by atoms with E-state index in [1.165, 1.54) is 59.3 Å². The fraction of sp³-hybridized carbons (Fsp3) is 0.105. The van der Waals surface area contributed by atoms with E-state index in [2.05, 4.69) is 0 Å². The van der Waals surface area contributed by atoms with Gasteiger partial charge in [0.2, 0.25) is 10.0 Å². The minimum atomic E-state index is -3.81. The quantitative estimate of drug-likeness (QED) is 0.659. The molecular formula is C19H16ClFN2O4S. The third-order valence-corrected chi connectivity index (χ3v) is 5.54. The molecule has 28 heavy (non-hydrogen) atoms. The van der Waals surface area contributed by atoms with Crippen LogP contribution in [0.4, 0.5) is 4.39 Å². The van der Waals surface area contributed by atoms with Crippen LogP contribution in [-0.2, 0) is 23.0 Å². The molecular weight excluding hydrogens is 407 g/mol. The summed E-state index contributed by atoms with van der Waals surface area (Å²) in [4.78, 5) is 12.7. The number of pyridine rings is 1. The van der Waals surface area contributed by atoms with E-state index in [4.69, 9.17) is 16.7 Å². The van der Waals surface area contributed by atoms with Gasteiger partial charge in [0.25, 0.3) is 5.56 Å². The summed E-state index contributed by atoms with van der Waals surface area (Å²) in [6, 6.07) is 11.3. The summed E-state index contributed by atoms with van der Waals surface area (Å²) in [6.45, 7) is 0.127. The standard InChI is InChI=1S/C19H16ClFN2O4S/c20-16-2-1-3-17(21)14(16)10-15-18(24)8-9-23(19(15)25)11-12-4-6-13(7-5-12)28(22,26)27/h1-9,24H,10-11H2,(H2,22,26,27). The second-order valence-electron chi connectivity index (χ2n) is 6.18. The number of halogens is 2. The normalized spacial score (nSPS) is 11.5. The van der Waals surface area contributed by atoms with Gasteiger partial charge in [-0.3, -0.25) is 4.79 Å². The molecule has 1 aromatic heterocycles. The second-order valence-corrected chi connectivity index (χ2v) is 8.15. The molecule has 146 valence electrons. The lowest BCUT2D eigenvalue weighted by atomic mass is 10.0. The van der Waals surface area contributed by atoms with Crippen molar-refractivity contribution in [2.75, 3.05) is 0 Å². The van der Waals surface area contributed by atoms with Crippen molar-refractivity contribution < 1.29 is 17.9 Å². The van der Waals surface area contributed by atoms with Crippen molar-refractivity contribution in [3.8, 4) is 5.75 Å². The summed E-state index contributed by atoms with van der Waals surface area (Å²) in [7, 11) is -3.81. The summed E-state index contributed by atoms with van der Waals surface area (Å²) in [5, 5.41) is 15.3. The zero-order valence-corrected chi connectivity index (χ0v) is 16.0. The van der Waals surface area contributed by atoms with Crippen LogP contribution in [0.1, 0.15) is 16.7 Å². The second kappa shape index (κ2) is 7.75. The van der Waals surface area contributed by atoms with Crippen molar-refractivity contribution in [3.05, 3.63) is 92.6 Å². The predicted molar refractivity (Wildman–Crippen MR) is 104 cm³/mol. The fourth-order valence-electron chi connectivity index (χ4n) is 2.76. The number of aromatic hydroxyl groups is 1. The lowest BCUT2D eigenvalue weighted by Crippen LogP contribution is -2.24. The average Bonchev–Trinajstić information content (AvgIpc) is 2.63. The van der Waals surface area contributed by atoms with Gasteiger partial charge < -0.3 is 9.67 Å². The van der Waals surface area contributed by atoms with E-state index in [1.54, 1.807) is 0 Å². The largest absolute Gasteiger partial charge is 0.507 e. The zero-order valence-electron chi connectivity index (χ0n) is 14.5. The highest BCUT2D eigenvalue weighted by Gasteiger charge is 2.15. The number of aromatic nitrogens is 1. The van der Waals surface area contributed by atoms with Crippen molar-refractivity contribution in [1.82, 2.24) is 4.57 Å². The number of hydrogen-bond acceptors (Lipinski definition) is 4. The molecule has 0 aliphatic carbocycles. The number of primary sulfonamides is 1. The molecule has 0 fully saturated rings. The van der Waals surface area contributed by atoms with Crippen molar-refractivity contribution in [2.45, 2.75) is 17.9 Å². The van der Waals surface area contributed by atoms with Gasteiger partial charge in [-0.2, -0.15) is 0 Å². The molecule has 0 saturated heterocycles. The van der Waals surface area contributed by atoms with Crippen molar-refractivity contribution >= 4 is 21.6 Å². The van der Waals surface area contributed by atoms with Crippen LogP contribution in [0.15, 0.2) is 64.4 Å². The van der Waals surface area contributed by atoms with Crippen molar-refractivity contribution in [3.63, 3.8) is 0 Å². The zero-order chi connectivity index (χ0) is 20.5.